The third kappa shape index (κ3) is 4.64. The van der Waals surface area contributed by atoms with Crippen LogP contribution >= 0.6 is 0 Å². The van der Waals surface area contributed by atoms with E-state index < -0.39 is 9.84 Å². The van der Waals surface area contributed by atoms with E-state index in [4.69, 9.17) is 4.74 Å². The Bertz CT molecular complexity index is 875. The molecular weight excluding hydrogens is 350 g/mol. The van der Waals surface area contributed by atoms with Crippen molar-refractivity contribution in [3.05, 3.63) is 59.7 Å². The van der Waals surface area contributed by atoms with Crippen molar-refractivity contribution in [1.82, 2.24) is 4.90 Å². The number of hydrogen-bond donors (Lipinski definition) is 0. The van der Waals surface area contributed by atoms with Crippen LogP contribution in [-0.2, 0) is 27.6 Å². The van der Waals surface area contributed by atoms with Crippen LogP contribution in [0, 0.1) is 0 Å². The van der Waals surface area contributed by atoms with Crippen LogP contribution in [0.3, 0.4) is 0 Å². The number of ether oxygens (including phenoxy) is 1. The fourth-order valence-corrected chi connectivity index (χ4v) is 3.69. The summed E-state index contributed by atoms with van der Waals surface area (Å²) in [6.45, 7) is 1.88. The molecule has 1 amide bonds. The Morgan fingerprint density at radius 2 is 1.77 bits per heavy atom. The number of rotatable bonds is 6. The van der Waals surface area contributed by atoms with Crippen LogP contribution in [0.15, 0.2) is 53.4 Å². The van der Waals surface area contributed by atoms with Gasteiger partial charge in [0.2, 0.25) is 5.91 Å². The summed E-state index contributed by atoms with van der Waals surface area (Å²) in [6, 6.07) is 14.6. The molecule has 138 valence electrons. The SMILES string of the molecule is CS(=O)(=O)c1ccc(OCCCC(=O)N2CCc3ccccc3C2)cc1. The second kappa shape index (κ2) is 7.91. The topological polar surface area (TPSA) is 63.7 Å². The predicted molar refractivity (Wildman–Crippen MR) is 99.8 cm³/mol. The number of benzene rings is 2. The predicted octanol–water partition coefficient (Wildman–Crippen LogP) is 2.83. The zero-order valence-electron chi connectivity index (χ0n) is 14.8. The highest BCUT2D eigenvalue weighted by atomic mass is 32.2. The van der Waals surface area contributed by atoms with E-state index in [0.717, 1.165) is 13.0 Å². The standard InChI is InChI=1S/C20H23NO4S/c1-26(23,24)19-10-8-18(9-11-19)25-14-4-7-20(22)21-13-12-16-5-2-3-6-17(16)15-21/h2-3,5-6,8-11H,4,7,12-15H2,1H3. The molecule has 2 aromatic carbocycles. The lowest BCUT2D eigenvalue weighted by Gasteiger charge is -2.29. The molecule has 2 aromatic rings. The Morgan fingerprint density at radius 3 is 2.46 bits per heavy atom. The molecule has 1 aliphatic heterocycles. The van der Waals surface area contributed by atoms with E-state index in [0.29, 0.717) is 31.7 Å². The Labute approximate surface area is 154 Å². The van der Waals surface area contributed by atoms with Gasteiger partial charge in [-0.2, -0.15) is 0 Å². The average Bonchev–Trinajstić information content (AvgIpc) is 2.64. The molecule has 0 saturated carbocycles. The highest BCUT2D eigenvalue weighted by Gasteiger charge is 2.19. The monoisotopic (exact) mass is 373 g/mol. The maximum absolute atomic E-state index is 12.4. The van der Waals surface area contributed by atoms with Crippen molar-refractivity contribution in [3.63, 3.8) is 0 Å². The number of hydrogen-bond acceptors (Lipinski definition) is 4. The summed E-state index contributed by atoms with van der Waals surface area (Å²) in [4.78, 5) is 14.6. The Kier molecular flexibility index (Phi) is 5.61. The molecule has 0 N–H and O–H groups in total. The van der Waals surface area contributed by atoms with E-state index in [1.165, 1.54) is 29.5 Å². The van der Waals surface area contributed by atoms with Gasteiger partial charge in [-0.05, 0) is 48.2 Å². The van der Waals surface area contributed by atoms with Crippen LogP contribution in [0.5, 0.6) is 5.75 Å². The molecule has 1 heterocycles. The number of carbonyl (C=O) groups excluding carboxylic acids is 1. The first-order chi connectivity index (χ1) is 12.4. The Hall–Kier alpha value is -2.34. The van der Waals surface area contributed by atoms with Crippen molar-refractivity contribution in [2.75, 3.05) is 19.4 Å². The molecule has 6 heteroatoms. The van der Waals surface area contributed by atoms with Gasteiger partial charge in [-0.3, -0.25) is 4.79 Å². The molecule has 0 radical (unpaired) electrons. The van der Waals surface area contributed by atoms with Gasteiger partial charge in [0, 0.05) is 25.8 Å². The van der Waals surface area contributed by atoms with Gasteiger partial charge in [0.1, 0.15) is 5.75 Å². The van der Waals surface area contributed by atoms with Crippen molar-refractivity contribution < 1.29 is 17.9 Å². The molecule has 0 aromatic heterocycles. The van der Waals surface area contributed by atoms with Crippen molar-refractivity contribution in [3.8, 4) is 5.75 Å². The quantitative estimate of drug-likeness (QED) is 0.731. The van der Waals surface area contributed by atoms with E-state index in [1.807, 2.05) is 17.0 Å². The van der Waals surface area contributed by atoms with Crippen LogP contribution in [0.25, 0.3) is 0 Å². The lowest BCUT2D eigenvalue weighted by atomic mass is 9.99. The first-order valence-electron chi connectivity index (χ1n) is 8.71. The summed E-state index contributed by atoms with van der Waals surface area (Å²) >= 11 is 0. The molecule has 0 atom stereocenters. The lowest BCUT2D eigenvalue weighted by molar-refractivity contribution is -0.132. The zero-order valence-corrected chi connectivity index (χ0v) is 15.7. The first-order valence-corrected chi connectivity index (χ1v) is 10.6. The van der Waals surface area contributed by atoms with E-state index >= 15 is 0 Å². The number of sulfone groups is 1. The highest BCUT2D eigenvalue weighted by Crippen LogP contribution is 2.20. The molecule has 0 aliphatic carbocycles. The van der Waals surface area contributed by atoms with E-state index in [9.17, 15) is 13.2 Å². The third-order valence-electron chi connectivity index (χ3n) is 4.54. The van der Waals surface area contributed by atoms with E-state index in [1.54, 1.807) is 12.1 Å². The van der Waals surface area contributed by atoms with Crippen LogP contribution < -0.4 is 4.74 Å². The van der Waals surface area contributed by atoms with Gasteiger partial charge in [-0.25, -0.2) is 8.42 Å². The van der Waals surface area contributed by atoms with Crippen molar-refractivity contribution >= 4 is 15.7 Å². The van der Waals surface area contributed by atoms with Gasteiger partial charge in [0.25, 0.3) is 0 Å². The summed E-state index contributed by atoms with van der Waals surface area (Å²) in [5.74, 6) is 0.757. The molecule has 3 rings (SSSR count). The Balaban J connectivity index is 1.43. The number of fused-ring (bicyclic) bond motifs is 1. The smallest absolute Gasteiger partial charge is 0.223 e. The van der Waals surface area contributed by atoms with Crippen LogP contribution in [0.1, 0.15) is 24.0 Å². The third-order valence-corrected chi connectivity index (χ3v) is 5.67. The maximum Gasteiger partial charge on any atom is 0.223 e. The van der Waals surface area contributed by atoms with Gasteiger partial charge in [-0.15, -0.1) is 0 Å². The van der Waals surface area contributed by atoms with Gasteiger partial charge < -0.3 is 9.64 Å². The fraction of sp³-hybridized carbons (Fsp3) is 0.350. The largest absolute Gasteiger partial charge is 0.494 e. The Morgan fingerprint density at radius 1 is 1.08 bits per heavy atom. The molecule has 0 saturated heterocycles. The summed E-state index contributed by atoms with van der Waals surface area (Å²) in [6.07, 6.45) is 3.16. The molecule has 0 spiro atoms. The molecule has 0 bridgehead atoms. The maximum atomic E-state index is 12.4. The van der Waals surface area contributed by atoms with Crippen LogP contribution in [-0.4, -0.2) is 38.6 Å². The van der Waals surface area contributed by atoms with Gasteiger partial charge in [-0.1, -0.05) is 24.3 Å². The molecule has 0 unspecified atom stereocenters. The van der Waals surface area contributed by atoms with Crippen LogP contribution in [0.2, 0.25) is 0 Å². The second-order valence-corrected chi connectivity index (χ2v) is 8.55. The van der Waals surface area contributed by atoms with Crippen molar-refractivity contribution in [2.24, 2.45) is 0 Å². The minimum Gasteiger partial charge on any atom is -0.494 e. The van der Waals surface area contributed by atoms with Crippen LogP contribution in [0.4, 0.5) is 0 Å². The van der Waals surface area contributed by atoms with E-state index in [-0.39, 0.29) is 10.8 Å². The van der Waals surface area contributed by atoms with Gasteiger partial charge in [0.15, 0.2) is 9.84 Å². The van der Waals surface area contributed by atoms with Crippen molar-refractivity contribution in [1.29, 1.82) is 0 Å². The van der Waals surface area contributed by atoms with E-state index in [2.05, 4.69) is 12.1 Å². The number of nitrogens with zero attached hydrogens (tertiary/aromatic N) is 1. The molecule has 26 heavy (non-hydrogen) atoms. The summed E-state index contributed by atoms with van der Waals surface area (Å²) in [7, 11) is -3.20. The second-order valence-electron chi connectivity index (χ2n) is 6.53. The fourth-order valence-electron chi connectivity index (χ4n) is 3.06. The normalized spacial score (nSPS) is 14.0. The summed E-state index contributed by atoms with van der Waals surface area (Å²) in [5, 5.41) is 0. The highest BCUT2D eigenvalue weighted by molar-refractivity contribution is 7.90. The zero-order chi connectivity index (χ0) is 18.6. The van der Waals surface area contributed by atoms with Gasteiger partial charge >= 0.3 is 0 Å². The van der Waals surface area contributed by atoms with Gasteiger partial charge in [0.05, 0.1) is 11.5 Å². The lowest BCUT2D eigenvalue weighted by Crippen LogP contribution is -2.35. The van der Waals surface area contributed by atoms with Crippen molar-refractivity contribution in [2.45, 2.75) is 30.7 Å². The summed E-state index contributed by atoms with van der Waals surface area (Å²) in [5.41, 5.74) is 2.56. The first kappa shape index (κ1) is 18.5. The molecule has 1 aliphatic rings. The number of amides is 1. The molecule has 0 fully saturated rings. The molecule has 5 nitrogen and oxygen atoms in total. The minimum atomic E-state index is -3.20. The average molecular weight is 373 g/mol. The summed E-state index contributed by atoms with van der Waals surface area (Å²) < 4.78 is 28.4. The minimum absolute atomic E-state index is 0.149. The molecular formula is C20H23NO4S. The number of carbonyl (C=O) groups is 1.